The molecule has 108 valence electrons. The SMILES string of the molecule is COCCc1nc(C(C)Oc2ccc(Br)cc2Cl)no1. The van der Waals surface area contributed by atoms with Crippen molar-refractivity contribution < 1.29 is 14.0 Å². The van der Waals surface area contributed by atoms with Gasteiger partial charge in [-0.05, 0) is 25.1 Å². The molecule has 0 bridgehead atoms. The molecule has 20 heavy (non-hydrogen) atoms. The van der Waals surface area contributed by atoms with E-state index in [9.17, 15) is 0 Å². The first-order chi connectivity index (χ1) is 9.60. The highest BCUT2D eigenvalue weighted by molar-refractivity contribution is 9.10. The van der Waals surface area contributed by atoms with Crippen molar-refractivity contribution in [2.75, 3.05) is 13.7 Å². The molecule has 1 heterocycles. The van der Waals surface area contributed by atoms with Crippen molar-refractivity contribution in [1.29, 1.82) is 0 Å². The van der Waals surface area contributed by atoms with Gasteiger partial charge in [0, 0.05) is 11.6 Å². The highest BCUT2D eigenvalue weighted by Crippen LogP contribution is 2.30. The molecule has 2 rings (SSSR count). The van der Waals surface area contributed by atoms with Crippen molar-refractivity contribution in [2.24, 2.45) is 0 Å². The Hall–Kier alpha value is -1.11. The molecule has 7 heteroatoms. The van der Waals surface area contributed by atoms with Gasteiger partial charge in [0.15, 0.2) is 6.10 Å². The average Bonchev–Trinajstić information content (AvgIpc) is 2.88. The van der Waals surface area contributed by atoms with Crippen LogP contribution in [0.25, 0.3) is 0 Å². The van der Waals surface area contributed by atoms with Crippen LogP contribution in [-0.4, -0.2) is 23.9 Å². The third-order valence-electron chi connectivity index (χ3n) is 2.57. The Balaban J connectivity index is 2.03. The summed E-state index contributed by atoms with van der Waals surface area (Å²) in [4.78, 5) is 4.26. The van der Waals surface area contributed by atoms with E-state index in [1.165, 1.54) is 0 Å². The first-order valence-corrected chi connectivity index (χ1v) is 7.20. The largest absolute Gasteiger partial charge is 0.481 e. The van der Waals surface area contributed by atoms with Gasteiger partial charge in [-0.3, -0.25) is 0 Å². The van der Waals surface area contributed by atoms with Crippen molar-refractivity contribution in [1.82, 2.24) is 10.1 Å². The molecule has 0 radical (unpaired) electrons. The van der Waals surface area contributed by atoms with Crippen LogP contribution in [0.4, 0.5) is 0 Å². The normalized spacial score (nSPS) is 12.4. The third kappa shape index (κ3) is 3.94. The van der Waals surface area contributed by atoms with Gasteiger partial charge < -0.3 is 14.0 Å². The summed E-state index contributed by atoms with van der Waals surface area (Å²) in [6, 6.07) is 5.41. The Morgan fingerprint density at radius 1 is 1.45 bits per heavy atom. The van der Waals surface area contributed by atoms with Gasteiger partial charge in [-0.2, -0.15) is 4.98 Å². The molecule has 1 unspecified atom stereocenters. The van der Waals surface area contributed by atoms with Crippen LogP contribution in [0.15, 0.2) is 27.2 Å². The minimum Gasteiger partial charge on any atom is -0.481 e. The number of halogens is 2. The fourth-order valence-electron chi connectivity index (χ4n) is 1.54. The van der Waals surface area contributed by atoms with Gasteiger partial charge in [0.2, 0.25) is 11.7 Å². The van der Waals surface area contributed by atoms with E-state index in [-0.39, 0.29) is 6.10 Å². The van der Waals surface area contributed by atoms with E-state index in [2.05, 4.69) is 26.1 Å². The zero-order valence-electron chi connectivity index (χ0n) is 11.1. The fraction of sp³-hybridized carbons (Fsp3) is 0.385. The quantitative estimate of drug-likeness (QED) is 0.783. The van der Waals surface area contributed by atoms with E-state index in [1.54, 1.807) is 19.2 Å². The van der Waals surface area contributed by atoms with Crippen LogP contribution in [0.5, 0.6) is 5.75 Å². The summed E-state index contributed by atoms with van der Waals surface area (Å²) in [6.45, 7) is 2.37. The van der Waals surface area contributed by atoms with Crippen LogP contribution in [0.1, 0.15) is 24.7 Å². The van der Waals surface area contributed by atoms with Crippen LogP contribution in [0.3, 0.4) is 0 Å². The zero-order valence-corrected chi connectivity index (χ0v) is 13.4. The van der Waals surface area contributed by atoms with E-state index in [1.807, 2.05) is 13.0 Å². The summed E-state index contributed by atoms with van der Waals surface area (Å²) >= 11 is 9.44. The smallest absolute Gasteiger partial charge is 0.229 e. The minimum atomic E-state index is -0.353. The molecule has 5 nitrogen and oxygen atoms in total. The van der Waals surface area contributed by atoms with E-state index >= 15 is 0 Å². The second-order valence-electron chi connectivity index (χ2n) is 4.12. The van der Waals surface area contributed by atoms with Crippen molar-refractivity contribution in [2.45, 2.75) is 19.4 Å². The number of ether oxygens (including phenoxy) is 2. The van der Waals surface area contributed by atoms with Crippen molar-refractivity contribution in [3.8, 4) is 5.75 Å². The second kappa shape index (κ2) is 7.06. The predicted octanol–water partition coefficient (Wildman–Crippen LogP) is 3.81. The van der Waals surface area contributed by atoms with E-state index in [4.69, 9.17) is 25.6 Å². The minimum absolute atomic E-state index is 0.353. The van der Waals surface area contributed by atoms with Gasteiger partial charge in [-0.1, -0.05) is 32.7 Å². The van der Waals surface area contributed by atoms with Crippen molar-refractivity contribution >= 4 is 27.5 Å². The van der Waals surface area contributed by atoms with Crippen LogP contribution in [-0.2, 0) is 11.2 Å². The topological polar surface area (TPSA) is 57.4 Å². The standard InChI is InChI=1S/C13H14BrClN2O3/c1-8(13-16-12(20-17-13)5-6-18-2)19-11-4-3-9(14)7-10(11)15/h3-4,7-8H,5-6H2,1-2H3. The zero-order chi connectivity index (χ0) is 14.5. The molecule has 0 aliphatic carbocycles. The van der Waals surface area contributed by atoms with Crippen LogP contribution < -0.4 is 4.74 Å². The summed E-state index contributed by atoms with van der Waals surface area (Å²) < 4.78 is 16.7. The summed E-state index contributed by atoms with van der Waals surface area (Å²) in [6.07, 6.45) is 0.226. The molecule has 0 saturated carbocycles. The lowest BCUT2D eigenvalue weighted by Crippen LogP contribution is -2.06. The van der Waals surface area contributed by atoms with Crippen LogP contribution >= 0.6 is 27.5 Å². The Morgan fingerprint density at radius 2 is 2.25 bits per heavy atom. The molecule has 0 N–H and O–H groups in total. The van der Waals surface area contributed by atoms with E-state index < -0.39 is 0 Å². The third-order valence-corrected chi connectivity index (χ3v) is 3.35. The number of nitrogens with zero attached hydrogens (tertiary/aromatic N) is 2. The molecule has 0 spiro atoms. The number of methoxy groups -OCH3 is 1. The molecular formula is C13H14BrClN2O3. The average molecular weight is 362 g/mol. The lowest BCUT2D eigenvalue weighted by atomic mass is 10.3. The molecule has 1 atom stereocenters. The number of benzene rings is 1. The molecule has 1 aromatic heterocycles. The van der Waals surface area contributed by atoms with Gasteiger partial charge in [-0.25, -0.2) is 0 Å². The molecule has 0 amide bonds. The number of aromatic nitrogens is 2. The van der Waals surface area contributed by atoms with Gasteiger partial charge in [0.05, 0.1) is 18.1 Å². The first-order valence-electron chi connectivity index (χ1n) is 6.03. The van der Waals surface area contributed by atoms with E-state index in [0.717, 1.165) is 4.47 Å². The molecule has 2 aromatic rings. The van der Waals surface area contributed by atoms with Crippen LogP contribution in [0.2, 0.25) is 5.02 Å². The molecule has 0 aliphatic heterocycles. The fourth-order valence-corrected chi connectivity index (χ4v) is 2.26. The molecule has 0 saturated heterocycles. The van der Waals surface area contributed by atoms with Gasteiger partial charge in [-0.15, -0.1) is 0 Å². The van der Waals surface area contributed by atoms with Gasteiger partial charge in [0.1, 0.15) is 5.75 Å². The van der Waals surface area contributed by atoms with Gasteiger partial charge >= 0.3 is 0 Å². The number of hydrogen-bond acceptors (Lipinski definition) is 5. The maximum Gasteiger partial charge on any atom is 0.229 e. The second-order valence-corrected chi connectivity index (χ2v) is 5.45. The van der Waals surface area contributed by atoms with Crippen molar-refractivity contribution in [3.63, 3.8) is 0 Å². The van der Waals surface area contributed by atoms with Crippen LogP contribution in [0, 0.1) is 0 Å². The molecular weight excluding hydrogens is 348 g/mol. The highest BCUT2D eigenvalue weighted by atomic mass is 79.9. The molecule has 1 aromatic carbocycles. The van der Waals surface area contributed by atoms with Crippen molar-refractivity contribution in [3.05, 3.63) is 39.4 Å². The predicted molar refractivity (Wildman–Crippen MR) is 78.1 cm³/mol. The summed E-state index contributed by atoms with van der Waals surface area (Å²) in [5, 5.41) is 4.42. The van der Waals surface area contributed by atoms with E-state index in [0.29, 0.717) is 35.5 Å². The summed E-state index contributed by atoms with van der Waals surface area (Å²) in [5.74, 6) is 1.58. The number of hydrogen-bond donors (Lipinski definition) is 0. The number of rotatable bonds is 6. The maximum absolute atomic E-state index is 6.10. The maximum atomic E-state index is 6.10. The lowest BCUT2D eigenvalue weighted by Gasteiger charge is -2.12. The Morgan fingerprint density at radius 3 is 2.95 bits per heavy atom. The molecule has 0 fully saturated rings. The Kier molecular flexibility index (Phi) is 5.39. The lowest BCUT2D eigenvalue weighted by molar-refractivity contribution is 0.191. The Labute approximate surface area is 130 Å². The molecule has 0 aliphatic rings. The highest BCUT2D eigenvalue weighted by Gasteiger charge is 2.16. The van der Waals surface area contributed by atoms with Gasteiger partial charge in [0.25, 0.3) is 0 Å². The monoisotopic (exact) mass is 360 g/mol. The first kappa shape index (κ1) is 15.3. The summed E-state index contributed by atoms with van der Waals surface area (Å²) in [5.41, 5.74) is 0. The Bertz CT molecular complexity index is 576. The summed E-state index contributed by atoms with van der Waals surface area (Å²) in [7, 11) is 1.62.